The summed E-state index contributed by atoms with van der Waals surface area (Å²) in [5.74, 6) is -2.57. The second kappa shape index (κ2) is 7.82. The minimum absolute atomic E-state index is 0.222. The molecule has 1 spiro atoms. The molecule has 2 aromatic rings. The summed E-state index contributed by atoms with van der Waals surface area (Å²) in [6, 6.07) is 10.8. The van der Waals surface area contributed by atoms with E-state index >= 15 is 0 Å². The van der Waals surface area contributed by atoms with E-state index in [0.717, 1.165) is 22.1 Å². The average molecular weight is 425 g/mol. The van der Waals surface area contributed by atoms with Crippen molar-refractivity contribution in [3.05, 3.63) is 65.0 Å². The van der Waals surface area contributed by atoms with Crippen LogP contribution >= 0.6 is 0 Å². The average Bonchev–Trinajstić information content (AvgIpc) is 3.23. The zero-order valence-corrected chi connectivity index (χ0v) is 16.7. The molecule has 160 valence electrons. The van der Waals surface area contributed by atoms with Crippen LogP contribution in [0.4, 0.5) is 14.9 Å². The van der Waals surface area contributed by atoms with Crippen LogP contribution in [-0.4, -0.2) is 41.9 Å². The van der Waals surface area contributed by atoms with Gasteiger partial charge in [0.15, 0.2) is 6.61 Å². The molecule has 2 aliphatic rings. The van der Waals surface area contributed by atoms with Crippen molar-refractivity contribution in [3.8, 4) is 0 Å². The Kier molecular flexibility index (Phi) is 5.18. The number of esters is 1. The first-order chi connectivity index (χ1) is 14.8. The molecule has 0 radical (unpaired) electrons. The van der Waals surface area contributed by atoms with Crippen molar-refractivity contribution in [1.29, 1.82) is 0 Å². The normalized spacial score (nSPS) is 19.4. The van der Waals surface area contributed by atoms with E-state index in [1.165, 1.54) is 12.1 Å². The number of carbonyl (C=O) groups is 4. The van der Waals surface area contributed by atoms with Crippen LogP contribution in [0.1, 0.15) is 23.1 Å². The van der Waals surface area contributed by atoms with E-state index in [1.54, 1.807) is 19.1 Å². The zero-order valence-electron chi connectivity index (χ0n) is 16.7. The molecule has 4 amide bonds. The molecule has 1 atom stereocenters. The van der Waals surface area contributed by atoms with Gasteiger partial charge in [0.05, 0.1) is 0 Å². The monoisotopic (exact) mass is 425 g/mol. The molecule has 8 nitrogen and oxygen atoms in total. The standard InChI is InChI=1S/C22H20FN3O5/c1-13-6-7-15(10-17(13)23)24-18(27)12-31-19(28)11-26-20(29)22(25-21(26)30)9-8-14-4-2-3-5-16(14)22/h2-7,10H,8-9,11-12H2,1H3,(H,24,27)(H,25,30)/t22-/m1/s1. The van der Waals surface area contributed by atoms with Gasteiger partial charge in [-0.2, -0.15) is 0 Å². The lowest BCUT2D eigenvalue weighted by Gasteiger charge is -2.22. The van der Waals surface area contributed by atoms with Crippen LogP contribution in [-0.2, 0) is 31.1 Å². The maximum Gasteiger partial charge on any atom is 0.326 e. The Balaban J connectivity index is 1.35. The van der Waals surface area contributed by atoms with Crippen LogP contribution in [0.25, 0.3) is 0 Å². The molecule has 2 N–H and O–H groups in total. The van der Waals surface area contributed by atoms with Crippen molar-refractivity contribution < 1.29 is 28.3 Å². The molecule has 0 saturated carbocycles. The van der Waals surface area contributed by atoms with Gasteiger partial charge in [-0.15, -0.1) is 0 Å². The van der Waals surface area contributed by atoms with E-state index in [2.05, 4.69) is 10.6 Å². The lowest BCUT2D eigenvalue weighted by molar-refractivity contribution is -0.150. The number of amides is 4. The van der Waals surface area contributed by atoms with Crippen LogP contribution in [0.2, 0.25) is 0 Å². The smallest absolute Gasteiger partial charge is 0.326 e. The first kappa shape index (κ1) is 20.5. The Morgan fingerprint density at radius 3 is 2.77 bits per heavy atom. The van der Waals surface area contributed by atoms with Crippen molar-refractivity contribution in [3.63, 3.8) is 0 Å². The molecule has 1 saturated heterocycles. The Bertz CT molecular complexity index is 1100. The number of carbonyl (C=O) groups excluding carboxylic acids is 4. The Morgan fingerprint density at radius 2 is 2.00 bits per heavy atom. The van der Waals surface area contributed by atoms with Crippen molar-refractivity contribution in [1.82, 2.24) is 10.2 Å². The summed E-state index contributed by atoms with van der Waals surface area (Å²) in [7, 11) is 0. The van der Waals surface area contributed by atoms with Gasteiger partial charge in [-0.25, -0.2) is 9.18 Å². The number of ether oxygens (including phenoxy) is 1. The second-order valence-corrected chi connectivity index (χ2v) is 7.56. The number of imide groups is 1. The number of rotatable bonds is 5. The Morgan fingerprint density at radius 1 is 1.23 bits per heavy atom. The fourth-order valence-electron chi connectivity index (χ4n) is 3.92. The van der Waals surface area contributed by atoms with E-state index in [0.29, 0.717) is 18.4 Å². The molecule has 0 aromatic heterocycles. The SMILES string of the molecule is Cc1ccc(NC(=O)COC(=O)CN2C(=O)N[C@@]3(CCc4ccccc43)C2=O)cc1F. The number of halogens is 1. The quantitative estimate of drug-likeness (QED) is 0.563. The van der Waals surface area contributed by atoms with E-state index in [9.17, 15) is 23.6 Å². The highest BCUT2D eigenvalue weighted by Gasteiger charge is 2.55. The van der Waals surface area contributed by atoms with Crippen molar-refractivity contribution in [2.24, 2.45) is 0 Å². The van der Waals surface area contributed by atoms with Crippen LogP contribution in [0.15, 0.2) is 42.5 Å². The maximum atomic E-state index is 13.6. The highest BCUT2D eigenvalue weighted by atomic mass is 19.1. The molecule has 1 fully saturated rings. The topological polar surface area (TPSA) is 105 Å². The fourth-order valence-corrected chi connectivity index (χ4v) is 3.92. The summed E-state index contributed by atoms with van der Waals surface area (Å²) < 4.78 is 18.4. The third-order valence-corrected chi connectivity index (χ3v) is 5.53. The number of nitrogens with zero attached hydrogens (tertiary/aromatic N) is 1. The second-order valence-electron chi connectivity index (χ2n) is 7.56. The molecule has 2 aromatic carbocycles. The molecule has 1 heterocycles. The maximum absolute atomic E-state index is 13.6. The molecule has 1 aliphatic carbocycles. The van der Waals surface area contributed by atoms with Gasteiger partial charge in [-0.1, -0.05) is 30.3 Å². The van der Waals surface area contributed by atoms with Gasteiger partial charge in [-0.3, -0.25) is 19.3 Å². The van der Waals surface area contributed by atoms with E-state index < -0.39 is 48.3 Å². The van der Waals surface area contributed by atoms with Gasteiger partial charge < -0.3 is 15.4 Å². The largest absolute Gasteiger partial charge is 0.454 e. The Hall–Kier alpha value is -3.75. The molecular formula is C22H20FN3O5. The van der Waals surface area contributed by atoms with Gasteiger partial charge in [0.1, 0.15) is 17.9 Å². The minimum atomic E-state index is -1.17. The predicted molar refractivity (Wildman–Crippen MR) is 107 cm³/mol. The summed E-state index contributed by atoms with van der Waals surface area (Å²) >= 11 is 0. The van der Waals surface area contributed by atoms with Gasteiger partial charge in [0.25, 0.3) is 11.8 Å². The fraction of sp³-hybridized carbons (Fsp3) is 0.273. The molecular weight excluding hydrogens is 405 g/mol. The molecule has 4 rings (SSSR count). The third kappa shape index (κ3) is 3.74. The summed E-state index contributed by atoms with van der Waals surface area (Å²) in [6.45, 7) is 0.347. The molecule has 0 unspecified atom stereocenters. The third-order valence-electron chi connectivity index (χ3n) is 5.53. The number of fused-ring (bicyclic) bond motifs is 2. The van der Waals surface area contributed by atoms with Crippen molar-refractivity contribution in [2.75, 3.05) is 18.5 Å². The summed E-state index contributed by atoms with van der Waals surface area (Å²) in [5, 5.41) is 5.12. The van der Waals surface area contributed by atoms with Crippen molar-refractivity contribution >= 4 is 29.5 Å². The van der Waals surface area contributed by atoms with E-state index in [1.807, 2.05) is 12.1 Å². The summed E-state index contributed by atoms with van der Waals surface area (Å²) in [6.07, 6.45) is 1.05. The van der Waals surface area contributed by atoms with Gasteiger partial charge >= 0.3 is 12.0 Å². The number of benzene rings is 2. The number of aryl methyl sites for hydroxylation is 2. The lowest BCUT2D eigenvalue weighted by Crippen LogP contribution is -2.42. The first-order valence-electron chi connectivity index (χ1n) is 9.74. The number of anilines is 1. The number of hydrogen-bond donors (Lipinski definition) is 2. The molecule has 31 heavy (non-hydrogen) atoms. The van der Waals surface area contributed by atoms with E-state index in [4.69, 9.17) is 4.74 Å². The van der Waals surface area contributed by atoms with Crippen LogP contribution in [0.3, 0.4) is 0 Å². The molecule has 0 bridgehead atoms. The van der Waals surface area contributed by atoms with Crippen LogP contribution < -0.4 is 10.6 Å². The molecule has 1 aliphatic heterocycles. The highest BCUT2D eigenvalue weighted by Crippen LogP contribution is 2.41. The predicted octanol–water partition coefficient (Wildman–Crippen LogP) is 2.01. The highest BCUT2D eigenvalue weighted by molar-refractivity contribution is 6.09. The molecule has 9 heteroatoms. The Labute approximate surface area is 177 Å². The first-order valence-corrected chi connectivity index (χ1v) is 9.74. The van der Waals surface area contributed by atoms with Gasteiger partial charge in [0.2, 0.25) is 0 Å². The summed E-state index contributed by atoms with van der Waals surface area (Å²) in [5.41, 5.74) is 1.19. The number of urea groups is 1. The summed E-state index contributed by atoms with van der Waals surface area (Å²) in [4.78, 5) is 50.3. The zero-order chi connectivity index (χ0) is 22.2. The minimum Gasteiger partial charge on any atom is -0.454 e. The van der Waals surface area contributed by atoms with E-state index in [-0.39, 0.29) is 5.69 Å². The lowest BCUT2D eigenvalue weighted by atomic mass is 9.92. The number of nitrogens with one attached hydrogen (secondary N) is 2. The van der Waals surface area contributed by atoms with Gasteiger partial charge in [0, 0.05) is 5.69 Å². The number of hydrogen-bond acceptors (Lipinski definition) is 5. The van der Waals surface area contributed by atoms with Crippen LogP contribution in [0.5, 0.6) is 0 Å². The van der Waals surface area contributed by atoms with Gasteiger partial charge in [-0.05, 0) is 48.6 Å². The van der Waals surface area contributed by atoms with Crippen molar-refractivity contribution in [2.45, 2.75) is 25.3 Å². The van der Waals surface area contributed by atoms with Crippen LogP contribution in [0, 0.1) is 12.7 Å².